The lowest BCUT2D eigenvalue weighted by atomic mass is 10.2. The molecule has 2 heterocycles. The van der Waals surface area contributed by atoms with Crippen LogP contribution in [0.25, 0.3) is 0 Å². The number of aromatic nitrogens is 1. The quantitative estimate of drug-likeness (QED) is 0.478. The number of carbonyl (C=O) groups is 2. The minimum Gasteiger partial charge on any atom is -0.381 e. The molecule has 1 aliphatic rings. The highest BCUT2D eigenvalue weighted by molar-refractivity contribution is 7.16. The molecule has 1 aliphatic heterocycles. The van der Waals surface area contributed by atoms with Gasteiger partial charge in [-0.3, -0.25) is 14.6 Å². The Morgan fingerprint density at radius 3 is 2.88 bits per heavy atom. The van der Waals surface area contributed by atoms with Crippen LogP contribution in [-0.2, 0) is 14.3 Å². The number of hydrogen-bond acceptors (Lipinski definition) is 5. The molecule has 0 radical (unpaired) electrons. The van der Waals surface area contributed by atoms with Crippen molar-refractivity contribution >= 4 is 26.7 Å². The van der Waals surface area contributed by atoms with E-state index in [-0.39, 0.29) is 23.6 Å². The fraction of sp³-hybridized carbons (Fsp3) is 0.611. The van der Waals surface area contributed by atoms with Crippen molar-refractivity contribution in [1.82, 2.24) is 10.3 Å². The standard InChI is InChI=1S/C18H28N3O4P/c1-13-4-5-16(25-13)18(23)21-14-6-8-19-15(12-14)17(22)20-7-2-9-24-10-3-11-26/h6,8,12-13,16H,2-5,7,9-11,26H2,1H3,(H,20,22)(H,19,21,23). The second-order valence-electron chi connectivity index (χ2n) is 6.30. The second-order valence-corrected chi connectivity index (χ2v) is 6.87. The monoisotopic (exact) mass is 381 g/mol. The number of rotatable bonds is 10. The summed E-state index contributed by atoms with van der Waals surface area (Å²) in [7, 11) is 2.66. The van der Waals surface area contributed by atoms with E-state index in [1.807, 2.05) is 6.92 Å². The predicted molar refractivity (Wildman–Crippen MR) is 103 cm³/mol. The van der Waals surface area contributed by atoms with Crippen LogP contribution in [0, 0.1) is 0 Å². The summed E-state index contributed by atoms with van der Waals surface area (Å²) < 4.78 is 11.0. The first-order valence-corrected chi connectivity index (χ1v) is 9.90. The van der Waals surface area contributed by atoms with Gasteiger partial charge in [0.15, 0.2) is 0 Å². The van der Waals surface area contributed by atoms with Crippen LogP contribution >= 0.6 is 9.24 Å². The van der Waals surface area contributed by atoms with Crippen molar-refractivity contribution in [2.45, 2.75) is 44.8 Å². The molecule has 7 nitrogen and oxygen atoms in total. The van der Waals surface area contributed by atoms with Crippen molar-refractivity contribution in [2.24, 2.45) is 0 Å². The van der Waals surface area contributed by atoms with Crippen molar-refractivity contribution in [3.05, 3.63) is 24.0 Å². The van der Waals surface area contributed by atoms with Crippen LogP contribution in [0.15, 0.2) is 18.3 Å². The Hall–Kier alpha value is -1.56. The Kier molecular flexibility index (Phi) is 8.95. The van der Waals surface area contributed by atoms with E-state index in [4.69, 9.17) is 9.47 Å². The smallest absolute Gasteiger partial charge is 0.269 e. The molecule has 1 aromatic heterocycles. The molecule has 1 saturated heterocycles. The third kappa shape index (κ3) is 6.98. The van der Waals surface area contributed by atoms with E-state index in [0.717, 1.165) is 32.0 Å². The molecule has 0 spiro atoms. The largest absolute Gasteiger partial charge is 0.381 e. The number of carbonyl (C=O) groups excluding carboxylic acids is 2. The van der Waals surface area contributed by atoms with Gasteiger partial charge >= 0.3 is 0 Å². The zero-order valence-corrected chi connectivity index (χ0v) is 16.4. The van der Waals surface area contributed by atoms with Gasteiger partial charge < -0.3 is 20.1 Å². The fourth-order valence-electron chi connectivity index (χ4n) is 2.60. The summed E-state index contributed by atoms with van der Waals surface area (Å²) >= 11 is 0. The summed E-state index contributed by atoms with van der Waals surface area (Å²) in [5.74, 6) is -0.452. The molecule has 2 rings (SSSR count). The topological polar surface area (TPSA) is 89.6 Å². The van der Waals surface area contributed by atoms with Gasteiger partial charge in [-0.15, -0.1) is 9.24 Å². The molecule has 3 atom stereocenters. The third-order valence-corrected chi connectivity index (χ3v) is 4.44. The number of anilines is 1. The minimum absolute atomic E-state index is 0.106. The van der Waals surface area contributed by atoms with Crippen LogP contribution in [0.1, 0.15) is 43.1 Å². The first-order chi connectivity index (χ1) is 12.6. The van der Waals surface area contributed by atoms with Gasteiger partial charge in [-0.05, 0) is 50.9 Å². The average Bonchev–Trinajstić information content (AvgIpc) is 3.07. The number of amides is 2. The highest BCUT2D eigenvalue weighted by Crippen LogP contribution is 2.20. The van der Waals surface area contributed by atoms with Crippen LogP contribution in [0.5, 0.6) is 0 Å². The van der Waals surface area contributed by atoms with E-state index in [1.54, 1.807) is 12.1 Å². The number of nitrogens with zero attached hydrogens (tertiary/aromatic N) is 1. The maximum absolute atomic E-state index is 12.2. The van der Waals surface area contributed by atoms with Crippen molar-refractivity contribution in [3.8, 4) is 0 Å². The Morgan fingerprint density at radius 2 is 2.15 bits per heavy atom. The summed E-state index contributed by atoms with van der Waals surface area (Å²) in [5.41, 5.74) is 0.812. The average molecular weight is 381 g/mol. The molecule has 144 valence electrons. The van der Waals surface area contributed by atoms with Gasteiger partial charge in [0.2, 0.25) is 0 Å². The van der Waals surface area contributed by atoms with E-state index in [0.29, 0.717) is 25.3 Å². The summed E-state index contributed by atoms with van der Waals surface area (Å²) in [5, 5.41) is 5.60. The van der Waals surface area contributed by atoms with Gasteiger partial charge in [-0.25, -0.2) is 0 Å². The summed E-state index contributed by atoms with van der Waals surface area (Å²) in [6.45, 7) is 3.83. The first kappa shape index (κ1) is 20.7. The summed E-state index contributed by atoms with van der Waals surface area (Å²) in [4.78, 5) is 28.4. The molecule has 1 aromatic rings. The Balaban J connectivity index is 1.75. The molecule has 0 bridgehead atoms. The van der Waals surface area contributed by atoms with Crippen molar-refractivity contribution in [2.75, 3.05) is 31.2 Å². The molecule has 2 amide bonds. The van der Waals surface area contributed by atoms with E-state index >= 15 is 0 Å². The van der Waals surface area contributed by atoms with Crippen LogP contribution < -0.4 is 10.6 Å². The van der Waals surface area contributed by atoms with Crippen molar-refractivity contribution in [1.29, 1.82) is 0 Å². The van der Waals surface area contributed by atoms with Crippen LogP contribution in [0.3, 0.4) is 0 Å². The number of nitrogens with one attached hydrogen (secondary N) is 2. The zero-order chi connectivity index (χ0) is 18.8. The van der Waals surface area contributed by atoms with Gasteiger partial charge in [0.25, 0.3) is 11.8 Å². The van der Waals surface area contributed by atoms with Crippen LogP contribution in [0.2, 0.25) is 0 Å². The lowest BCUT2D eigenvalue weighted by molar-refractivity contribution is -0.126. The van der Waals surface area contributed by atoms with Gasteiger partial charge in [0.1, 0.15) is 11.8 Å². The van der Waals surface area contributed by atoms with Crippen molar-refractivity contribution < 1.29 is 19.1 Å². The van der Waals surface area contributed by atoms with Gasteiger partial charge in [0.05, 0.1) is 6.10 Å². The maximum atomic E-state index is 12.2. The lowest BCUT2D eigenvalue weighted by Crippen LogP contribution is -2.28. The molecule has 8 heteroatoms. The van der Waals surface area contributed by atoms with E-state index in [2.05, 4.69) is 24.9 Å². The third-order valence-electron chi connectivity index (χ3n) is 4.03. The molecular formula is C18H28N3O4P. The van der Waals surface area contributed by atoms with E-state index in [9.17, 15) is 9.59 Å². The normalized spacial score (nSPS) is 19.3. The molecular weight excluding hydrogens is 353 g/mol. The highest BCUT2D eigenvalue weighted by Gasteiger charge is 2.28. The first-order valence-electron chi connectivity index (χ1n) is 9.08. The van der Waals surface area contributed by atoms with Crippen LogP contribution in [0.4, 0.5) is 5.69 Å². The molecule has 3 unspecified atom stereocenters. The van der Waals surface area contributed by atoms with Crippen LogP contribution in [-0.4, -0.2) is 54.9 Å². The molecule has 0 aliphatic carbocycles. The maximum Gasteiger partial charge on any atom is 0.269 e. The second kappa shape index (κ2) is 11.2. The predicted octanol–water partition coefficient (Wildman–Crippen LogP) is 1.99. The van der Waals surface area contributed by atoms with E-state index in [1.165, 1.54) is 6.20 Å². The molecule has 26 heavy (non-hydrogen) atoms. The van der Waals surface area contributed by atoms with Gasteiger partial charge in [-0.1, -0.05) is 0 Å². The minimum atomic E-state index is -0.429. The number of ether oxygens (including phenoxy) is 2. The summed E-state index contributed by atoms with van der Waals surface area (Å²) in [6, 6.07) is 3.23. The number of hydrogen-bond donors (Lipinski definition) is 2. The Morgan fingerprint density at radius 1 is 1.35 bits per heavy atom. The molecule has 0 aromatic carbocycles. The fourth-order valence-corrected chi connectivity index (χ4v) is 2.77. The van der Waals surface area contributed by atoms with Gasteiger partial charge in [-0.2, -0.15) is 0 Å². The number of pyridine rings is 1. The lowest BCUT2D eigenvalue weighted by Gasteiger charge is -2.12. The highest BCUT2D eigenvalue weighted by atomic mass is 31.0. The summed E-state index contributed by atoms with van der Waals surface area (Å²) in [6.07, 6.45) is 5.57. The molecule has 2 N–H and O–H groups in total. The molecule has 0 saturated carbocycles. The van der Waals surface area contributed by atoms with E-state index < -0.39 is 6.10 Å². The van der Waals surface area contributed by atoms with Crippen molar-refractivity contribution in [3.63, 3.8) is 0 Å². The SMILES string of the molecule is CC1CCC(C(=O)Nc2ccnc(C(=O)NCCCOCCCP)c2)O1. The Labute approximate surface area is 156 Å². The molecule has 1 fully saturated rings. The Bertz CT molecular complexity index is 600. The zero-order valence-electron chi connectivity index (χ0n) is 15.2. The van der Waals surface area contributed by atoms with Gasteiger partial charge in [0, 0.05) is 31.6 Å².